The standard InChI is InChI=1S/C15H17N5O/c1-18(8-12-7-16-9-19(12)2)15(21)11-4-5-14-13(6-11)17-10-20(14)3/h4-7,9-10H,8H2,1-3H3. The Hall–Kier alpha value is -2.63. The minimum atomic E-state index is -0.0243. The van der Waals surface area contributed by atoms with Crippen LogP contribution in [0.4, 0.5) is 0 Å². The number of amides is 1. The average molecular weight is 283 g/mol. The molecule has 0 aliphatic heterocycles. The normalized spacial score (nSPS) is 11.0. The highest BCUT2D eigenvalue weighted by Crippen LogP contribution is 2.15. The van der Waals surface area contributed by atoms with Crippen LogP contribution in [-0.4, -0.2) is 37.0 Å². The van der Waals surface area contributed by atoms with Crippen molar-refractivity contribution in [2.24, 2.45) is 14.1 Å². The third-order valence-electron chi connectivity index (χ3n) is 3.63. The quantitative estimate of drug-likeness (QED) is 0.733. The lowest BCUT2D eigenvalue weighted by atomic mass is 10.1. The first-order valence-electron chi connectivity index (χ1n) is 6.68. The van der Waals surface area contributed by atoms with Crippen molar-refractivity contribution < 1.29 is 4.79 Å². The van der Waals surface area contributed by atoms with E-state index in [-0.39, 0.29) is 5.91 Å². The van der Waals surface area contributed by atoms with Crippen LogP contribution >= 0.6 is 0 Å². The molecule has 0 atom stereocenters. The van der Waals surface area contributed by atoms with Gasteiger partial charge in [0, 0.05) is 32.9 Å². The van der Waals surface area contributed by atoms with Crippen molar-refractivity contribution >= 4 is 16.9 Å². The number of benzene rings is 1. The Labute approximate surface area is 122 Å². The molecule has 3 aromatic rings. The van der Waals surface area contributed by atoms with Crippen LogP contribution < -0.4 is 0 Å². The van der Waals surface area contributed by atoms with Crippen molar-refractivity contribution in [3.63, 3.8) is 0 Å². The van der Waals surface area contributed by atoms with Crippen LogP contribution in [0.3, 0.4) is 0 Å². The Morgan fingerprint density at radius 2 is 2.05 bits per heavy atom. The lowest BCUT2D eigenvalue weighted by Crippen LogP contribution is -2.27. The van der Waals surface area contributed by atoms with E-state index in [2.05, 4.69) is 9.97 Å². The first-order valence-corrected chi connectivity index (χ1v) is 6.68. The molecule has 0 radical (unpaired) electrons. The lowest BCUT2D eigenvalue weighted by molar-refractivity contribution is 0.0782. The van der Waals surface area contributed by atoms with Gasteiger partial charge in [-0.3, -0.25) is 4.79 Å². The van der Waals surface area contributed by atoms with E-state index in [0.29, 0.717) is 12.1 Å². The van der Waals surface area contributed by atoms with Gasteiger partial charge in [-0.2, -0.15) is 0 Å². The van der Waals surface area contributed by atoms with E-state index in [1.54, 1.807) is 30.8 Å². The van der Waals surface area contributed by atoms with E-state index >= 15 is 0 Å². The Morgan fingerprint density at radius 3 is 2.76 bits per heavy atom. The van der Waals surface area contributed by atoms with Crippen LogP contribution in [0.1, 0.15) is 16.1 Å². The summed E-state index contributed by atoms with van der Waals surface area (Å²) in [4.78, 5) is 22.5. The van der Waals surface area contributed by atoms with Gasteiger partial charge < -0.3 is 14.0 Å². The Balaban J connectivity index is 1.84. The second-order valence-electron chi connectivity index (χ2n) is 5.22. The number of hydrogen-bond donors (Lipinski definition) is 0. The van der Waals surface area contributed by atoms with E-state index in [9.17, 15) is 4.79 Å². The summed E-state index contributed by atoms with van der Waals surface area (Å²) in [7, 11) is 5.64. The first-order chi connectivity index (χ1) is 10.1. The largest absolute Gasteiger partial charge is 0.336 e. The van der Waals surface area contributed by atoms with Crippen LogP contribution in [0, 0.1) is 0 Å². The number of aromatic nitrogens is 4. The van der Waals surface area contributed by atoms with Crippen molar-refractivity contribution in [1.29, 1.82) is 0 Å². The van der Waals surface area contributed by atoms with Gasteiger partial charge in [-0.25, -0.2) is 9.97 Å². The SMILES string of the molecule is CN(Cc1cncn1C)C(=O)c1ccc2c(c1)ncn2C. The molecule has 3 rings (SSSR count). The van der Waals surface area contributed by atoms with Crippen LogP contribution in [0.5, 0.6) is 0 Å². The third kappa shape index (κ3) is 2.40. The molecule has 1 amide bonds. The van der Waals surface area contributed by atoms with Crippen LogP contribution in [-0.2, 0) is 20.6 Å². The zero-order chi connectivity index (χ0) is 15.0. The molecule has 0 N–H and O–H groups in total. The molecule has 0 aliphatic rings. The van der Waals surface area contributed by atoms with Gasteiger partial charge in [-0.05, 0) is 18.2 Å². The summed E-state index contributed by atoms with van der Waals surface area (Å²) in [6, 6.07) is 5.59. The predicted octanol–water partition coefficient (Wildman–Crippen LogP) is 1.58. The highest BCUT2D eigenvalue weighted by Gasteiger charge is 2.14. The average Bonchev–Trinajstić information content (AvgIpc) is 3.05. The molecule has 0 spiro atoms. The van der Waals surface area contributed by atoms with Gasteiger partial charge in [0.05, 0.1) is 35.9 Å². The third-order valence-corrected chi connectivity index (χ3v) is 3.63. The summed E-state index contributed by atoms with van der Waals surface area (Å²) in [5.74, 6) is -0.0243. The minimum Gasteiger partial charge on any atom is -0.336 e. The van der Waals surface area contributed by atoms with Gasteiger partial charge >= 0.3 is 0 Å². The van der Waals surface area contributed by atoms with Gasteiger partial charge in [0.25, 0.3) is 5.91 Å². The lowest BCUT2D eigenvalue weighted by Gasteiger charge is -2.17. The molecular formula is C15H17N5O. The molecule has 0 aliphatic carbocycles. The molecule has 108 valence electrons. The van der Waals surface area contributed by atoms with E-state index in [0.717, 1.165) is 16.7 Å². The molecule has 21 heavy (non-hydrogen) atoms. The highest BCUT2D eigenvalue weighted by molar-refractivity contribution is 5.97. The second kappa shape index (κ2) is 5.05. The molecule has 6 heteroatoms. The molecular weight excluding hydrogens is 266 g/mol. The van der Waals surface area contributed by atoms with Crippen molar-refractivity contribution in [2.45, 2.75) is 6.54 Å². The fourth-order valence-corrected chi connectivity index (χ4v) is 2.34. The van der Waals surface area contributed by atoms with Crippen LogP contribution in [0.25, 0.3) is 11.0 Å². The van der Waals surface area contributed by atoms with Crippen molar-refractivity contribution in [2.75, 3.05) is 7.05 Å². The fraction of sp³-hybridized carbons (Fsp3) is 0.267. The Kier molecular flexibility index (Phi) is 3.21. The molecule has 1 aromatic carbocycles. The minimum absolute atomic E-state index is 0.0243. The number of rotatable bonds is 3. The topological polar surface area (TPSA) is 56.0 Å². The molecule has 0 bridgehead atoms. The van der Waals surface area contributed by atoms with E-state index in [1.165, 1.54) is 0 Å². The van der Waals surface area contributed by atoms with E-state index < -0.39 is 0 Å². The molecule has 0 saturated heterocycles. The summed E-state index contributed by atoms with van der Waals surface area (Å²) in [6.07, 6.45) is 5.25. The van der Waals surface area contributed by atoms with Gasteiger partial charge in [0.1, 0.15) is 0 Å². The van der Waals surface area contributed by atoms with Gasteiger partial charge in [-0.15, -0.1) is 0 Å². The molecule has 2 aromatic heterocycles. The summed E-state index contributed by atoms with van der Waals surface area (Å²) in [6.45, 7) is 0.523. The number of aryl methyl sites for hydroxylation is 2. The summed E-state index contributed by atoms with van der Waals surface area (Å²) in [5, 5.41) is 0. The predicted molar refractivity (Wildman–Crippen MR) is 79.7 cm³/mol. The smallest absolute Gasteiger partial charge is 0.254 e. The fourth-order valence-electron chi connectivity index (χ4n) is 2.34. The first kappa shape index (κ1) is 13.4. The summed E-state index contributed by atoms with van der Waals surface area (Å²) >= 11 is 0. The number of fused-ring (bicyclic) bond motifs is 1. The van der Waals surface area contributed by atoms with Gasteiger partial charge in [0.15, 0.2) is 0 Å². The van der Waals surface area contributed by atoms with Crippen LogP contribution in [0.15, 0.2) is 37.1 Å². The zero-order valence-corrected chi connectivity index (χ0v) is 12.3. The Morgan fingerprint density at radius 1 is 1.24 bits per heavy atom. The molecule has 2 heterocycles. The Bertz CT molecular complexity index is 801. The summed E-state index contributed by atoms with van der Waals surface area (Å²) < 4.78 is 3.84. The number of nitrogens with zero attached hydrogens (tertiary/aromatic N) is 5. The zero-order valence-electron chi connectivity index (χ0n) is 12.3. The molecule has 0 fully saturated rings. The highest BCUT2D eigenvalue weighted by atomic mass is 16.2. The van der Waals surface area contributed by atoms with Gasteiger partial charge in [0.2, 0.25) is 0 Å². The molecule has 0 unspecified atom stereocenters. The van der Waals surface area contributed by atoms with E-state index in [4.69, 9.17) is 0 Å². The number of hydrogen-bond acceptors (Lipinski definition) is 3. The molecule has 0 saturated carbocycles. The van der Waals surface area contributed by atoms with Crippen molar-refractivity contribution in [1.82, 2.24) is 24.0 Å². The maximum absolute atomic E-state index is 12.5. The molecule has 6 nitrogen and oxygen atoms in total. The van der Waals surface area contributed by atoms with Crippen molar-refractivity contribution in [3.8, 4) is 0 Å². The van der Waals surface area contributed by atoms with Crippen LogP contribution in [0.2, 0.25) is 0 Å². The van der Waals surface area contributed by atoms with Gasteiger partial charge in [-0.1, -0.05) is 0 Å². The monoisotopic (exact) mass is 283 g/mol. The summed E-state index contributed by atoms with van der Waals surface area (Å²) in [5.41, 5.74) is 3.48. The number of carbonyl (C=O) groups excluding carboxylic acids is 1. The number of carbonyl (C=O) groups is 1. The number of imidazole rings is 2. The van der Waals surface area contributed by atoms with Crippen molar-refractivity contribution in [3.05, 3.63) is 48.3 Å². The maximum Gasteiger partial charge on any atom is 0.254 e. The second-order valence-corrected chi connectivity index (χ2v) is 5.22. The van der Waals surface area contributed by atoms with E-state index in [1.807, 2.05) is 41.4 Å². The maximum atomic E-state index is 12.5.